The van der Waals surface area contributed by atoms with Gasteiger partial charge in [0, 0.05) is 18.0 Å². The predicted octanol–water partition coefficient (Wildman–Crippen LogP) is 3.61. The number of rotatable bonds is 6. The van der Waals surface area contributed by atoms with Crippen molar-refractivity contribution < 1.29 is 4.74 Å². The Bertz CT molecular complexity index is 493. The van der Waals surface area contributed by atoms with Crippen LogP contribution in [0.3, 0.4) is 0 Å². The number of benzene rings is 1. The largest absolute Gasteiger partial charge is 0.497 e. The van der Waals surface area contributed by atoms with E-state index in [-0.39, 0.29) is 0 Å². The van der Waals surface area contributed by atoms with Crippen LogP contribution in [0.15, 0.2) is 35.7 Å². The third kappa shape index (κ3) is 3.34. The predicted molar refractivity (Wildman–Crippen MR) is 77.2 cm³/mol. The van der Waals surface area contributed by atoms with Crippen molar-refractivity contribution >= 4 is 11.3 Å². The summed E-state index contributed by atoms with van der Waals surface area (Å²) in [5.74, 6) is 0.916. The number of methoxy groups -OCH3 is 1. The van der Waals surface area contributed by atoms with Gasteiger partial charge in [-0.15, -0.1) is 11.3 Å². The van der Waals surface area contributed by atoms with Crippen LogP contribution in [0.25, 0.3) is 0 Å². The first kappa shape index (κ1) is 13.1. The molecule has 2 aromatic rings. The minimum absolute atomic E-state index is 0.873. The van der Waals surface area contributed by atoms with E-state index in [4.69, 9.17) is 4.74 Å². The highest BCUT2D eigenvalue weighted by Gasteiger charge is 2.02. The van der Waals surface area contributed by atoms with Crippen molar-refractivity contribution in [3.8, 4) is 5.75 Å². The van der Waals surface area contributed by atoms with Crippen LogP contribution in [0.5, 0.6) is 5.75 Å². The molecule has 0 saturated heterocycles. The maximum absolute atomic E-state index is 5.22. The van der Waals surface area contributed by atoms with Crippen molar-refractivity contribution in [1.29, 1.82) is 0 Å². The van der Waals surface area contributed by atoms with Crippen LogP contribution in [0, 0.1) is 0 Å². The molecule has 0 atom stereocenters. The van der Waals surface area contributed by atoms with E-state index in [9.17, 15) is 0 Å². The smallest absolute Gasteiger partial charge is 0.119 e. The fraction of sp³-hybridized carbons (Fsp3) is 0.333. The van der Waals surface area contributed by atoms with Gasteiger partial charge in [0.15, 0.2) is 0 Å². The normalized spacial score (nSPS) is 10.6. The van der Waals surface area contributed by atoms with Crippen LogP contribution in [0.2, 0.25) is 0 Å². The second-order valence-corrected chi connectivity index (χ2v) is 5.18. The summed E-state index contributed by atoms with van der Waals surface area (Å²) in [6.45, 7) is 4.02. The molecule has 18 heavy (non-hydrogen) atoms. The standard InChI is InChI=1S/C15H19NOS/c1-3-13-7-8-18-15(13)11-16-10-12-5-4-6-14(9-12)17-2/h4-9,16H,3,10-11H2,1-2H3. The SMILES string of the molecule is CCc1ccsc1CNCc1cccc(OC)c1. The number of nitrogens with one attached hydrogen (secondary N) is 1. The molecule has 0 spiro atoms. The molecule has 1 N–H and O–H groups in total. The van der Waals surface area contributed by atoms with Gasteiger partial charge in [0.2, 0.25) is 0 Å². The molecule has 1 aromatic heterocycles. The summed E-state index contributed by atoms with van der Waals surface area (Å²) in [5.41, 5.74) is 2.71. The van der Waals surface area contributed by atoms with E-state index >= 15 is 0 Å². The van der Waals surface area contributed by atoms with Gasteiger partial charge in [-0.05, 0) is 41.1 Å². The fourth-order valence-electron chi connectivity index (χ4n) is 1.94. The van der Waals surface area contributed by atoms with Gasteiger partial charge >= 0.3 is 0 Å². The van der Waals surface area contributed by atoms with E-state index < -0.39 is 0 Å². The quantitative estimate of drug-likeness (QED) is 0.857. The number of aryl methyl sites for hydroxylation is 1. The number of hydrogen-bond acceptors (Lipinski definition) is 3. The molecule has 96 valence electrons. The van der Waals surface area contributed by atoms with Crippen LogP contribution in [0.4, 0.5) is 0 Å². The van der Waals surface area contributed by atoms with Gasteiger partial charge in [-0.3, -0.25) is 0 Å². The molecule has 0 radical (unpaired) electrons. The zero-order valence-electron chi connectivity index (χ0n) is 10.9. The summed E-state index contributed by atoms with van der Waals surface area (Å²) in [7, 11) is 1.70. The minimum Gasteiger partial charge on any atom is -0.497 e. The zero-order valence-corrected chi connectivity index (χ0v) is 11.7. The van der Waals surface area contributed by atoms with Crippen molar-refractivity contribution in [3.63, 3.8) is 0 Å². The summed E-state index contributed by atoms with van der Waals surface area (Å²) in [6.07, 6.45) is 1.11. The molecule has 0 aliphatic carbocycles. The Kier molecular flexibility index (Phi) is 4.79. The number of ether oxygens (including phenoxy) is 1. The van der Waals surface area contributed by atoms with Gasteiger partial charge in [-0.1, -0.05) is 19.1 Å². The van der Waals surface area contributed by atoms with Gasteiger partial charge in [0.05, 0.1) is 7.11 Å². The molecule has 1 aromatic carbocycles. The lowest BCUT2D eigenvalue weighted by atomic mass is 10.2. The molecule has 0 aliphatic heterocycles. The lowest BCUT2D eigenvalue weighted by molar-refractivity contribution is 0.414. The Morgan fingerprint density at radius 2 is 2.11 bits per heavy atom. The lowest BCUT2D eigenvalue weighted by Crippen LogP contribution is -2.12. The van der Waals surface area contributed by atoms with Crippen molar-refractivity contribution in [2.24, 2.45) is 0 Å². The van der Waals surface area contributed by atoms with E-state index in [1.807, 2.05) is 23.5 Å². The second-order valence-electron chi connectivity index (χ2n) is 4.18. The van der Waals surface area contributed by atoms with Crippen molar-refractivity contribution in [2.45, 2.75) is 26.4 Å². The molecule has 0 fully saturated rings. The highest BCUT2D eigenvalue weighted by atomic mass is 32.1. The average Bonchev–Trinajstić information content (AvgIpc) is 2.86. The number of hydrogen-bond donors (Lipinski definition) is 1. The summed E-state index contributed by atoms with van der Waals surface area (Å²) in [4.78, 5) is 1.44. The third-order valence-corrected chi connectivity index (χ3v) is 3.93. The summed E-state index contributed by atoms with van der Waals surface area (Å²) >= 11 is 1.83. The van der Waals surface area contributed by atoms with Crippen LogP contribution >= 0.6 is 11.3 Å². The Morgan fingerprint density at radius 1 is 1.22 bits per heavy atom. The van der Waals surface area contributed by atoms with E-state index in [1.54, 1.807) is 7.11 Å². The van der Waals surface area contributed by atoms with Crippen molar-refractivity contribution in [2.75, 3.05) is 7.11 Å². The second kappa shape index (κ2) is 6.57. The highest BCUT2D eigenvalue weighted by molar-refractivity contribution is 7.10. The summed E-state index contributed by atoms with van der Waals surface area (Å²) in [6, 6.07) is 10.4. The first-order valence-electron chi connectivity index (χ1n) is 6.22. The molecule has 3 heteroatoms. The monoisotopic (exact) mass is 261 g/mol. The zero-order chi connectivity index (χ0) is 12.8. The van der Waals surface area contributed by atoms with Crippen LogP contribution in [-0.4, -0.2) is 7.11 Å². The topological polar surface area (TPSA) is 21.3 Å². The van der Waals surface area contributed by atoms with Crippen molar-refractivity contribution in [1.82, 2.24) is 5.32 Å². The molecule has 0 unspecified atom stereocenters. The van der Waals surface area contributed by atoms with Crippen LogP contribution < -0.4 is 10.1 Å². The molecule has 2 nitrogen and oxygen atoms in total. The molecule has 0 saturated carbocycles. The Balaban J connectivity index is 1.88. The van der Waals surface area contributed by atoms with E-state index in [0.717, 1.165) is 25.3 Å². The highest BCUT2D eigenvalue weighted by Crippen LogP contribution is 2.17. The van der Waals surface area contributed by atoms with Gasteiger partial charge in [0.1, 0.15) is 5.75 Å². The first-order chi connectivity index (χ1) is 8.83. The Labute approximate surface area is 113 Å². The van der Waals surface area contributed by atoms with Crippen molar-refractivity contribution in [3.05, 3.63) is 51.7 Å². The van der Waals surface area contributed by atoms with Crippen LogP contribution in [0.1, 0.15) is 22.9 Å². The maximum Gasteiger partial charge on any atom is 0.119 e. The Hall–Kier alpha value is -1.32. The molecule has 1 heterocycles. The molecule has 0 aliphatic rings. The van der Waals surface area contributed by atoms with E-state index in [1.165, 1.54) is 16.0 Å². The minimum atomic E-state index is 0.873. The van der Waals surface area contributed by atoms with E-state index in [0.29, 0.717) is 0 Å². The summed E-state index contributed by atoms with van der Waals surface area (Å²) in [5, 5.41) is 5.65. The van der Waals surface area contributed by atoms with Crippen LogP contribution in [-0.2, 0) is 19.5 Å². The molecule has 0 amide bonds. The van der Waals surface area contributed by atoms with Gasteiger partial charge in [-0.25, -0.2) is 0 Å². The molecule has 0 bridgehead atoms. The fourth-order valence-corrected chi connectivity index (χ4v) is 2.89. The Morgan fingerprint density at radius 3 is 2.89 bits per heavy atom. The third-order valence-electron chi connectivity index (χ3n) is 2.97. The van der Waals surface area contributed by atoms with E-state index in [2.05, 4.69) is 35.8 Å². The molecular weight excluding hydrogens is 242 g/mol. The molecule has 2 rings (SSSR count). The van der Waals surface area contributed by atoms with Gasteiger partial charge in [0.25, 0.3) is 0 Å². The molecular formula is C15H19NOS. The average molecular weight is 261 g/mol. The maximum atomic E-state index is 5.22. The lowest BCUT2D eigenvalue weighted by Gasteiger charge is -2.07. The summed E-state index contributed by atoms with van der Waals surface area (Å²) < 4.78 is 5.22. The number of thiophene rings is 1. The van der Waals surface area contributed by atoms with Gasteiger partial charge < -0.3 is 10.1 Å². The first-order valence-corrected chi connectivity index (χ1v) is 7.10. The van der Waals surface area contributed by atoms with Gasteiger partial charge in [-0.2, -0.15) is 0 Å².